The Morgan fingerprint density at radius 1 is 0.519 bits per heavy atom. The molecule has 2 aromatic carbocycles. The minimum absolute atomic E-state index is 0.0337. The van der Waals surface area contributed by atoms with Gasteiger partial charge in [0.1, 0.15) is 0 Å². The normalized spacial score (nSPS) is 21.4. The van der Waals surface area contributed by atoms with Gasteiger partial charge in [-0.2, -0.15) is 0 Å². The Balaban J connectivity index is 1.40. The van der Waals surface area contributed by atoms with Gasteiger partial charge in [-0.3, -0.25) is 0 Å². The van der Waals surface area contributed by atoms with E-state index in [1.54, 1.807) is 38.1 Å². The summed E-state index contributed by atoms with van der Waals surface area (Å²) in [7, 11) is 0. The Kier molecular flexibility index (Phi) is 17.2. The number of hydrogen-bond acceptors (Lipinski definition) is 8. The van der Waals surface area contributed by atoms with Crippen molar-refractivity contribution >= 4 is 23.9 Å². The predicted molar refractivity (Wildman–Crippen MR) is 202 cm³/mol. The molecule has 0 bridgehead atoms. The van der Waals surface area contributed by atoms with Gasteiger partial charge in [-0.25, -0.2) is 19.2 Å². The first-order valence-corrected chi connectivity index (χ1v) is 20.2. The number of carbonyl (C=O) groups excluding carboxylic acids is 4. The van der Waals surface area contributed by atoms with Gasteiger partial charge in [0.15, 0.2) is 0 Å². The zero-order chi connectivity index (χ0) is 37.3. The molecule has 0 aromatic heterocycles. The van der Waals surface area contributed by atoms with Crippen molar-refractivity contribution in [2.45, 2.75) is 154 Å². The molecule has 2 saturated carbocycles. The summed E-state index contributed by atoms with van der Waals surface area (Å²) in [5.74, 6) is -1.20. The van der Waals surface area contributed by atoms with E-state index >= 15 is 0 Å². The minimum atomic E-state index is -1.86. The van der Waals surface area contributed by atoms with E-state index in [2.05, 4.69) is 13.8 Å². The van der Waals surface area contributed by atoms with Crippen LogP contribution in [0, 0.1) is 11.8 Å². The second kappa shape index (κ2) is 21.8. The second-order valence-corrected chi connectivity index (χ2v) is 14.8. The number of rotatable bonds is 19. The van der Waals surface area contributed by atoms with Crippen LogP contribution in [0.25, 0.3) is 0 Å². The largest absolute Gasteiger partial charge is 0.463 e. The van der Waals surface area contributed by atoms with E-state index in [4.69, 9.17) is 18.9 Å². The molecular weight excluding hydrogens is 656 g/mol. The third-order valence-electron chi connectivity index (χ3n) is 11.1. The lowest BCUT2D eigenvalue weighted by Crippen LogP contribution is -2.47. The molecule has 2 aliphatic carbocycles. The summed E-state index contributed by atoms with van der Waals surface area (Å²) in [5.41, 5.74) is 2.77. The van der Waals surface area contributed by atoms with E-state index < -0.39 is 36.1 Å². The molecule has 4 rings (SSSR count). The first-order valence-electron chi connectivity index (χ1n) is 20.2. The number of hydrogen-bond donors (Lipinski definition) is 0. The molecule has 0 N–H and O–H groups in total. The third kappa shape index (κ3) is 12.2. The molecule has 2 fully saturated rings. The monoisotopic (exact) mass is 718 g/mol. The molecule has 8 nitrogen and oxygen atoms in total. The zero-order valence-corrected chi connectivity index (χ0v) is 32.1. The van der Waals surface area contributed by atoms with Gasteiger partial charge in [0.2, 0.25) is 12.2 Å². The fraction of sp³-hybridized carbons (Fsp3) is 0.636. The smallest absolute Gasteiger partial charge is 0.352 e. The Morgan fingerprint density at radius 3 is 1.17 bits per heavy atom. The molecule has 0 unspecified atom stereocenters. The maximum atomic E-state index is 13.4. The van der Waals surface area contributed by atoms with Crippen molar-refractivity contribution in [1.29, 1.82) is 0 Å². The van der Waals surface area contributed by atoms with Crippen LogP contribution in [0.2, 0.25) is 0 Å². The van der Waals surface area contributed by atoms with E-state index in [-0.39, 0.29) is 24.3 Å². The van der Waals surface area contributed by atoms with Crippen molar-refractivity contribution in [3.63, 3.8) is 0 Å². The van der Waals surface area contributed by atoms with E-state index in [1.807, 2.05) is 24.3 Å². The van der Waals surface area contributed by atoms with Crippen LogP contribution in [0.1, 0.15) is 174 Å². The Labute approximate surface area is 311 Å². The van der Waals surface area contributed by atoms with Crippen LogP contribution < -0.4 is 0 Å². The molecule has 0 spiro atoms. The SMILES string of the molecule is CCCCC[C@H]1CC[C@H](c2ccc(C(=O)O[C@@H](C(=O)OCC)[C@@H](OC(=O)c3ccc([C@H]4CC[C@H](CCCCC)CC4)cc3)C(=O)OCC)cc2)CC1. The van der Waals surface area contributed by atoms with Crippen LogP contribution in [0.15, 0.2) is 48.5 Å². The molecule has 8 heteroatoms. The fourth-order valence-corrected chi connectivity index (χ4v) is 8.00. The van der Waals surface area contributed by atoms with Gasteiger partial charge in [-0.1, -0.05) is 89.5 Å². The first kappa shape index (κ1) is 41.1. The van der Waals surface area contributed by atoms with Crippen molar-refractivity contribution < 1.29 is 38.1 Å². The average molecular weight is 719 g/mol. The number of unbranched alkanes of at least 4 members (excludes halogenated alkanes) is 4. The zero-order valence-electron chi connectivity index (χ0n) is 32.1. The summed E-state index contributed by atoms with van der Waals surface area (Å²) in [5, 5.41) is 0. The van der Waals surface area contributed by atoms with Crippen molar-refractivity contribution in [1.82, 2.24) is 0 Å². The topological polar surface area (TPSA) is 105 Å². The minimum Gasteiger partial charge on any atom is -0.463 e. The lowest BCUT2D eigenvalue weighted by atomic mass is 9.77. The van der Waals surface area contributed by atoms with Crippen LogP contribution in [-0.2, 0) is 28.5 Å². The predicted octanol–water partition coefficient (Wildman–Crippen LogP) is 10.3. The summed E-state index contributed by atoms with van der Waals surface area (Å²) in [6.45, 7) is 7.60. The van der Waals surface area contributed by atoms with Crippen LogP contribution in [0.4, 0.5) is 0 Å². The van der Waals surface area contributed by atoms with Gasteiger partial charge in [0.05, 0.1) is 24.3 Å². The molecule has 2 atom stereocenters. The van der Waals surface area contributed by atoms with Gasteiger partial charge >= 0.3 is 23.9 Å². The van der Waals surface area contributed by atoms with Crippen molar-refractivity contribution in [3.05, 3.63) is 70.8 Å². The number of ether oxygens (including phenoxy) is 4. The molecule has 52 heavy (non-hydrogen) atoms. The standard InChI is InChI=1S/C44H62O8/c1-5-9-11-13-31-15-19-33(20-16-31)35-23-27-37(28-24-35)41(45)51-39(43(47)49-7-3)40(44(48)50-8-4)52-42(46)38-29-25-36(26-30-38)34-21-17-32(18-22-34)14-12-10-6-2/h23-34,39-40H,5-22H2,1-4H3/t31-,32-,33-,34-,39-,40-/m1/s1. The van der Waals surface area contributed by atoms with Gasteiger partial charge in [0.25, 0.3) is 0 Å². The quantitative estimate of drug-likeness (QED) is 0.0803. The second-order valence-electron chi connectivity index (χ2n) is 14.8. The highest BCUT2D eigenvalue weighted by molar-refractivity contribution is 5.96. The highest BCUT2D eigenvalue weighted by Crippen LogP contribution is 2.39. The highest BCUT2D eigenvalue weighted by Gasteiger charge is 2.43. The van der Waals surface area contributed by atoms with Gasteiger partial charge < -0.3 is 18.9 Å². The van der Waals surface area contributed by atoms with Crippen molar-refractivity contribution in [2.75, 3.05) is 13.2 Å². The summed E-state index contributed by atoms with van der Waals surface area (Å²) < 4.78 is 21.6. The summed E-state index contributed by atoms with van der Waals surface area (Å²) in [6, 6.07) is 14.5. The Bertz CT molecular complexity index is 1280. The van der Waals surface area contributed by atoms with Gasteiger partial charge in [-0.15, -0.1) is 0 Å². The van der Waals surface area contributed by atoms with E-state index in [1.165, 1.54) is 88.2 Å². The lowest BCUT2D eigenvalue weighted by Gasteiger charge is -2.29. The van der Waals surface area contributed by atoms with Crippen molar-refractivity contribution in [3.8, 4) is 0 Å². The van der Waals surface area contributed by atoms with Gasteiger partial charge in [-0.05, 0) is 124 Å². The number of benzene rings is 2. The first-order chi connectivity index (χ1) is 25.3. The number of carbonyl (C=O) groups is 4. The van der Waals surface area contributed by atoms with Crippen LogP contribution in [0.5, 0.6) is 0 Å². The molecule has 0 saturated heterocycles. The fourth-order valence-electron chi connectivity index (χ4n) is 8.00. The van der Waals surface area contributed by atoms with E-state index in [9.17, 15) is 19.2 Å². The van der Waals surface area contributed by atoms with E-state index in [0.717, 1.165) is 37.5 Å². The highest BCUT2D eigenvalue weighted by atomic mass is 16.6. The summed E-state index contributed by atoms with van der Waals surface area (Å²) in [6.07, 6.45) is 16.0. The van der Waals surface area contributed by atoms with Crippen LogP contribution >= 0.6 is 0 Å². The maximum absolute atomic E-state index is 13.4. The van der Waals surface area contributed by atoms with E-state index in [0.29, 0.717) is 11.8 Å². The average Bonchev–Trinajstić information content (AvgIpc) is 3.17. The molecule has 2 aliphatic rings. The number of esters is 4. The van der Waals surface area contributed by atoms with Crippen molar-refractivity contribution in [2.24, 2.45) is 11.8 Å². The molecule has 0 aliphatic heterocycles. The van der Waals surface area contributed by atoms with Crippen LogP contribution in [0.3, 0.4) is 0 Å². The summed E-state index contributed by atoms with van der Waals surface area (Å²) >= 11 is 0. The molecule has 286 valence electrons. The molecule has 2 aromatic rings. The Hall–Kier alpha value is -3.68. The summed E-state index contributed by atoms with van der Waals surface area (Å²) in [4.78, 5) is 53.2. The molecule has 0 amide bonds. The maximum Gasteiger partial charge on any atom is 0.352 e. The third-order valence-corrected chi connectivity index (χ3v) is 11.1. The molecular formula is C44H62O8. The molecule has 0 radical (unpaired) electrons. The molecule has 0 heterocycles. The lowest BCUT2D eigenvalue weighted by molar-refractivity contribution is -0.173. The van der Waals surface area contributed by atoms with Gasteiger partial charge in [0, 0.05) is 0 Å². The van der Waals surface area contributed by atoms with Crippen LogP contribution in [-0.4, -0.2) is 49.3 Å². The Morgan fingerprint density at radius 2 is 0.865 bits per heavy atom.